The maximum Gasteiger partial charge on any atom is 0.128 e. The summed E-state index contributed by atoms with van der Waals surface area (Å²) in [6, 6.07) is 5.21. The number of rotatable bonds is 0. The van der Waals surface area contributed by atoms with E-state index in [1.165, 1.54) is 6.07 Å². The Morgan fingerprint density at radius 1 is 1.19 bits per heavy atom. The van der Waals surface area contributed by atoms with Gasteiger partial charge in [0, 0.05) is 25.8 Å². The number of hydrogen-bond donors (Lipinski definition) is 2. The van der Waals surface area contributed by atoms with Crippen LogP contribution in [0.25, 0.3) is 0 Å². The lowest BCUT2D eigenvalue weighted by Gasteiger charge is -1.96. The molecule has 0 bridgehead atoms. The van der Waals surface area contributed by atoms with Crippen molar-refractivity contribution in [2.45, 2.75) is 34.4 Å². The summed E-state index contributed by atoms with van der Waals surface area (Å²) in [5.74, 6) is -0.0810. The van der Waals surface area contributed by atoms with Gasteiger partial charge in [-0.3, -0.25) is 0 Å². The summed E-state index contributed by atoms with van der Waals surface area (Å²) < 4.78 is 12.9. The summed E-state index contributed by atoms with van der Waals surface area (Å²) in [5.41, 5.74) is 1.93. The van der Waals surface area contributed by atoms with Gasteiger partial charge in [0.2, 0.25) is 0 Å². The van der Waals surface area contributed by atoms with Crippen molar-refractivity contribution < 1.29 is 15.0 Å². The van der Waals surface area contributed by atoms with Gasteiger partial charge in [-0.2, -0.15) is 0 Å². The molecule has 3 nitrogen and oxygen atoms in total. The third-order valence-electron chi connectivity index (χ3n) is 1.83. The zero-order valence-corrected chi connectivity index (χ0v) is 9.47. The second-order valence-corrected chi connectivity index (χ2v) is 2.48. The lowest BCUT2D eigenvalue weighted by Crippen LogP contribution is -2.00. The maximum atomic E-state index is 12.9. The van der Waals surface area contributed by atoms with Crippen LogP contribution in [0, 0.1) is 5.82 Å². The normalized spacial score (nSPS) is 10.3. The molecule has 1 aromatic rings. The molecular formula is C12H24FNO2. The van der Waals surface area contributed by atoms with E-state index in [2.05, 4.69) is 5.32 Å². The van der Waals surface area contributed by atoms with Gasteiger partial charge in [-0.05, 0) is 11.6 Å². The molecule has 0 amide bonds. The van der Waals surface area contributed by atoms with Crippen LogP contribution >= 0.6 is 0 Å². The van der Waals surface area contributed by atoms with Gasteiger partial charge in [0.15, 0.2) is 0 Å². The highest BCUT2D eigenvalue weighted by molar-refractivity contribution is 5.31. The molecule has 4 N–H and O–H groups in total. The molecule has 96 valence electrons. The van der Waals surface area contributed by atoms with Crippen molar-refractivity contribution in [2.75, 3.05) is 7.11 Å². The van der Waals surface area contributed by atoms with Gasteiger partial charge in [-0.25, -0.2) is 4.39 Å². The van der Waals surface area contributed by atoms with Crippen molar-refractivity contribution in [1.29, 1.82) is 0 Å². The van der Waals surface area contributed by atoms with E-state index in [0.717, 1.165) is 24.8 Å². The van der Waals surface area contributed by atoms with E-state index >= 15 is 0 Å². The Balaban J connectivity index is -0.000000257. The van der Waals surface area contributed by atoms with Crippen molar-refractivity contribution in [3.8, 4) is 0 Å². The van der Waals surface area contributed by atoms with Gasteiger partial charge in [-0.1, -0.05) is 33.4 Å². The average Bonchev–Trinajstić information content (AvgIpc) is 2.73. The summed E-state index contributed by atoms with van der Waals surface area (Å²) in [5, 5.41) is 10.1. The molecule has 0 spiro atoms. The van der Waals surface area contributed by atoms with E-state index < -0.39 is 0 Å². The third kappa shape index (κ3) is 5.21. The summed E-state index contributed by atoms with van der Waals surface area (Å²) in [4.78, 5) is 0. The Hall–Kier alpha value is -0.970. The van der Waals surface area contributed by atoms with Crippen LogP contribution in [0.5, 0.6) is 0 Å². The summed E-state index contributed by atoms with van der Waals surface area (Å²) in [6.07, 6.45) is 0. The summed E-state index contributed by atoms with van der Waals surface area (Å²) in [7, 11) is 1.00. The molecule has 0 unspecified atom stereocenters. The highest BCUT2D eigenvalue weighted by atomic mass is 19.1. The first-order valence-electron chi connectivity index (χ1n) is 4.79. The average molecular weight is 233 g/mol. The molecule has 0 atom stereocenters. The summed E-state index contributed by atoms with van der Waals surface area (Å²) >= 11 is 0. The van der Waals surface area contributed by atoms with Gasteiger partial charge < -0.3 is 15.9 Å². The topological polar surface area (TPSA) is 63.8 Å². The number of aliphatic hydroxyl groups excluding tert-OH is 1. The predicted molar refractivity (Wildman–Crippen MR) is 66.8 cm³/mol. The Morgan fingerprint density at radius 3 is 2.25 bits per heavy atom. The monoisotopic (exact) mass is 233 g/mol. The minimum absolute atomic E-state index is 0. The lowest BCUT2D eigenvalue weighted by atomic mass is 10.1. The van der Waals surface area contributed by atoms with Crippen molar-refractivity contribution in [3.05, 3.63) is 35.1 Å². The lowest BCUT2D eigenvalue weighted by molar-refractivity contribution is 0.399. The molecule has 4 heteroatoms. The highest BCUT2D eigenvalue weighted by Gasteiger charge is 2.12. The van der Waals surface area contributed by atoms with Gasteiger partial charge >= 0.3 is 0 Å². The van der Waals surface area contributed by atoms with Gasteiger partial charge in [0.05, 0.1) is 0 Å². The van der Waals surface area contributed by atoms with Crippen LogP contribution in [0.4, 0.5) is 4.39 Å². The van der Waals surface area contributed by atoms with Crippen molar-refractivity contribution >= 4 is 0 Å². The van der Waals surface area contributed by atoms with Gasteiger partial charge in [0.1, 0.15) is 5.82 Å². The molecule has 0 aromatic heterocycles. The molecular weight excluding hydrogens is 209 g/mol. The molecule has 16 heavy (non-hydrogen) atoms. The second kappa shape index (κ2) is 12.1. The summed E-state index contributed by atoms with van der Waals surface area (Å²) in [6.45, 7) is 5.50. The Morgan fingerprint density at radius 2 is 1.75 bits per heavy atom. The van der Waals surface area contributed by atoms with Gasteiger partial charge in [-0.15, -0.1) is 0 Å². The Bertz CT molecular complexity index is 267. The van der Waals surface area contributed by atoms with Gasteiger partial charge in [0.25, 0.3) is 0 Å². The minimum atomic E-state index is -0.0810. The Labute approximate surface area is 97.6 Å². The second-order valence-electron chi connectivity index (χ2n) is 2.48. The van der Waals surface area contributed by atoms with Crippen molar-refractivity contribution in [2.24, 2.45) is 0 Å². The van der Waals surface area contributed by atoms with Crippen LogP contribution in [-0.4, -0.2) is 17.7 Å². The molecule has 2 rings (SSSR count). The first kappa shape index (κ1) is 20.4. The fraction of sp³-hybridized carbons (Fsp3) is 0.500. The molecule has 0 saturated heterocycles. The molecule has 0 fully saturated rings. The quantitative estimate of drug-likeness (QED) is 0.718. The van der Waals surface area contributed by atoms with E-state index in [9.17, 15) is 4.39 Å². The SMILES string of the molecule is C.CC.CO.Fc1cccc2c1CNC2.O. The van der Waals surface area contributed by atoms with Crippen LogP contribution < -0.4 is 5.32 Å². The first-order chi connectivity index (χ1) is 6.88. The van der Waals surface area contributed by atoms with Crippen molar-refractivity contribution in [3.63, 3.8) is 0 Å². The van der Waals surface area contributed by atoms with Crippen LogP contribution in [0.2, 0.25) is 0 Å². The minimum Gasteiger partial charge on any atom is -0.412 e. The van der Waals surface area contributed by atoms with Crippen LogP contribution in [0.15, 0.2) is 18.2 Å². The fourth-order valence-electron chi connectivity index (χ4n) is 1.29. The molecule has 0 radical (unpaired) electrons. The molecule has 0 aliphatic carbocycles. The van der Waals surface area contributed by atoms with Crippen molar-refractivity contribution in [1.82, 2.24) is 5.32 Å². The Kier molecular flexibility index (Phi) is 15.5. The number of hydrogen-bond acceptors (Lipinski definition) is 2. The number of nitrogens with one attached hydrogen (secondary N) is 1. The number of fused-ring (bicyclic) bond motifs is 1. The van der Waals surface area contributed by atoms with Crippen LogP contribution in [0.3, 0.4) is 0 Å². The zero-order valence-electron chi connectivity index (χ0n) is 9.47. The zero-order chi connectivity index (χ0) is 11.0. The molecule has 0 saturated carbocycles. The largest absolute Gasteiger partial charge is 0.412 e. The highest BCUT2D eigenvalue weighted by Crippen LogP contribution is 2.17. The first-order valence-corrected chi connectivity index (χ1v) is 4.79. The standard InChI is InChI=1S/C8H8FN.C2H6.CH4O.CH4.H2O/c9-8-3-1-2-6-4-10-5-7(6)8;2*1-2;;/h1-3,10H,4-5H2;1-2H3;2H,1H3;1H4;1H2. The van der Waals surface area contributed by atoms with E-state index in [4.69, 9.17) is 5.11 Å². The number of benzene rings is 1. The maximum absolute atomic E-state index is 12.9. The van der Waals surface area contributed by atoms with E-state index in [0.29, 0.717) is 6.54 Å². The number of aliphatic hydroxyl groups is 1. The molecule has 1 aliphatic heterocycles. The van der Waals surface area contributed by atoms with Crippen LogP contribution in [0.1, 0.15) is 32.4 Å². The van der Waals surface area contributed by atoms with E-state index in [1.54, 1.807) is 6.07 Å². The number of halogens is 1. The third-order valence-corrected chi connectivity index (χ3v) is 1.83. The molecule has 1 heterocycles. The molecule has 1 aliphatic rings. The fourth-order valence-corrected chi connectivity index (χ4v) is 1.29. The smallest absolute Gasteiger partial charge is 0.128 e. The van der Waals surface area contributed by atoms with E-state index in [-0.39, 0.29) is 18.7 Å². The van der Waals surface area contributed by atoms with E-state index in [1.807, 2.05) is 19.9 Å². The molecule has 1 aromatic carbocycles. The van der Waals surface area contributed by atoms with Crippen LogP contribution in [-0.2, 0) is 13.1 Å². The predicted octanol–water partition coefficient (Wildman–Crippen LogP) is 1.88.